The van der Waals surface area contributed by atoms with Gasteiger partial charge >= 0.3 is 0 Å². The van der Waals surface area contributed by atoms with Crippen LogP contribution in [0.2, 0.25) is 0 Å². The summed E-state index contributed by atoms with van der Waals surface area (Å²) in [7, 11) is 0. The molecule has 0 spiro atoms. The number of rotatable bonds is 7. The first-order valence-corrected chi connectivity index (χ1v) is 9.02. The molecular formula is C20H23NO3S. The van der Waals surface area contributed by atoms with Gasteiger partial charge in [-0.2, -0.15) is 0 Å². The zero-order valence-corrected chi connectivity index (χ0v) is 15.3. The Kier molecular flexibility index (Phi) is 7.20. The SMILES string of the molecule is CC(=O)c1cccc(OCC#Cc2ccc(CC[C@@H](C)C(N)O)s2)c1. The lowest BCUT2D eigenvalue weighted by Crippen LogP contribution is -2.27. The predicted octanol–water partition coefficient (Wildman–Crippen LogP) is 3.23. The van der Waals surface area contributed by atoms with Crippen molar-refractivity contribution < 1.29 is 14.6 Å². The molecule has 0 aliphatic heterocycles. The molecule has 1 aromatic carbocycles. The number of nitrogens with two attached hydrogens (primary N) is 1. The molecule has 25 heavy (non-hydrogen) atoms. The molecule has 1 aromatic heterocycles. The number of aliphatic hydroxyl groups is 1. The Morgan fingerprint density at radius 3 is 2.88 bits per heavy atom. The molecule has 2 rings (SSSR count). The molecule has 4 nitrogen and oxygen atoms in total. The summed E-state index contributed by atoms with van der Waals surface area (Å²) >= 11 is 1.64. The molecule has 0 radical (unpaired) electrons. The van der Waals surface area contributed by atoms with Crippen molar-refractivity contribution >= 4 is 17.1 Å². The minimum Gasteiger partial charge on any atom is -0.481 e. The van der Waals surface area contributed by atoms with E-state index >= 15 is 0 Å². The van der Waals surface area contributed by atoms with Crippen LogP contribution in [0.4, 0.5) is 0 Å². The van der Waals surface area contributed by atoms with Gasteiger partial charge in [-0.1, -0.05) is 30.9 Å². The normalized spacial score (nSPS) is 12.8. The van der Waals surface area contributed by atoms with Crippen molar-refractivity contribution in [2.75, 3.05) is 6.61 Å². The standard InChI is InChI=1S/C20H23NO3S/c1-14(20(21)23)8-9-19-11-10-18(25-19)7-4-12-24-17-6-3-5-16(13-17)15(2)22/h3,5-6,10-11,13-14,20,23H,8-9,12,21H2,1-2H3/t14-,20?/m1/s1. The Bertz CT molecular complexity index is 770. The van der Waals surface area contributed by atoms with E-state index in [0.717, 1.165) is 17.7 Å². The van der Waals surface area contributed by atoms with Gasteiger partial charge in [-0.05, 0) is 49.9 Å². The summed E-state index contributed by atoms with van der Waals surface area (Å²) in [6.45, 7) is 3.74. The number of benzene rings is 1. The summed E-state index contributed by atoms with van der Waals surface area (Å²) < 4.78 is 5.57. The highest BCUT2D eigenvalue weighted by Crippen LogP contribution is 2.19. The number of aryl methyl sites for hydroxylation is 1. The molecule has 1 unspecified atom stereocenters. The average molecular weight is 357 g/mol. The first-order chi connectivity index (χ1) is 12.0. The van der Waals surface area contributed by atoms with Gasteiger partial charge in [-0.3, -0.25) is 4.79 Å². The fraction of sp³-hybridized carbons (Fsp3) is 0.350. The highest BCUT2D eigenvalue weighted by atomic mass is 32.1. The highest BCUT2D eigenvalue weighted by Gasteiger charge is 2.09. The van der Waals surface area contributed by atoms with Gasteiger partial charge in [0.05, 0.1) is 4.88 Å². The average Bonchev–Trinajstić information content (AvgIpc) is 3.04. The first-order valence-electron chi connectivity index (χ1n) is 8.20. The zero-order valence-electron chi connectivity index (χ0n) is 14.5. The Hall–Kier alpha value is -2.13. The van der Waals surface area contributed by atoms with Crippen LogP contribution in [-0.4, -0.2) is 23.7 Å². The van der Waals surface area contributed by atoms with Crippen LogP contribution in [0.3, 0.4) is 0 Å². The quantitative estimate of drug-likeness (QED) is 0.453. The van der Waals surface area contributed by atoms with E-state index in [1.807, 2.05) is 19.1 Å². The molecule has 0 saturated carbocycles. The van der Waals surface area contributed by atoms with Crippen LogP contribution in [0.25, 0.3) is 0 Å². The van der Waals surface area contributed by atoms with Crippen molar-refractivity contribution in [3.8, 4) is 17.6 Å². The second-order valence-corrected chi connectivity index (χ2v) is 7.12. The fourth-order valence-electron chi connectivity index (χ4n) is 2.17. The van der Waals surface area contributed by atoms with E-state index < -0.39 is 6.23 Å². The topological polar surface area (TPSA) is 72.5 Å². The van der Waals surface area contributed by atoms with Gasteiger partial charge in [0.2, 0.25) is 0 Å². The summed E-state index contributed by atoms with van der Waals surface area (Å²) in [4.78, 5) is 13.6. The van der Waals surface area contributed by atoms with Crippen molar-refractivity contribution in [3.05, 3.63) is 51.7 Å². The maximum atomic E-state index is 11.3. The minimum atomic E-state index is -0.766. The molecule has 0 saturated heterocycles. The molecule has 5 heteroatoms. The van der Waals surface area contributed by atoms with Crippen LogP contribution in [0.15, 0.2) is 36.4 Å². The van der Waals surface area contributed by atoms with E-state index in [2.05, 4.69) is 17.9 Å². The van der Waals surface area contributed by atoms with E-state index in [1.165, 1.54) is 11.8 Å². The van der Waals surface area contributed by atoms with Crippen LogP contribution in [-0.2, 0) is 6.42 Å². The van der Waals surface area contributed by atoms with Crippen LogP contribution < -0.4 is 10.5 Å². The van der Waals surface area contributed by atoms with Gasteiger partial charge < -0.3 is 15.6 Å². The molecule has 3 N–H and O–H groups in total. The molecule has 2 aromatic rings. The van der Waals surface area contributed by atoms with Crippen LogP contribution in [0.1, 0.15) is 40.4 Å². The van der Waals surface area contributed by atoms with Crippen LogP contribution >= 0.6 is 11.3 Å². The summed E-state index contributed by atoms with van der Waals surface area (Å²) in [5.41, 5.74) is 6.09. The van der Waals surface area contributed by atoms with E-state index in [4.69, 9.17) is 10.5 Å². The van der Waals surface area contributed by atoms with E-state index in [-0.39, 0.29) is 18.3 Å². The maximum absolute atomic E-state index is 11.3. The second kappa shape index (κ2) is 9.38. The van der Waals surface area contributed by atoms with Crippen molar-refractivity contribution in [2.45, 2.75) is 32.9 Å². The molecule has 1 heterocycles. The van der Waals surface area contributed by atoms with Gasteiger partial charge in [-0.15, -0.1) is 11.3 Å². The number of thiophene rings is 1. The monoisotopic (exact) mass is 357 g/mol. The Labute approximate surface area is 152 Å². The van der Waals surface area contributed by atoms with Gasteiger partial charge in [0.1, 0.15) is 18.6 Å². The first kappa shape index (κ1) is 19.2. The Morgan fingerprint density at radius 2 is 2.16 bits per heavy atom. The summed E-state index contributed by atoms with van der Waals surface area (Å²) in [6.07, 6.45) is 0.967. The molecular weight excluding hydrogens is 334 g/mol. The van der Waals surface area contributed by atoms with Gasteiger partial charge in [0.15, 0.2) is 5.78 Å². The Balaban J connectivity index is 1.84. The summed E-state index contributed by atoms with van der Waals surface area (Å²) in [5, 5.41) is 9.32. The van der Waals surface area contributed by atoms with E-state index in [0.29, 0.717) is 11.3 Å². The van der Waals surface area contributed by atoms with Gasteiger partial charge in [0, 0.05) is 10.4 Å². The van der Waals surface area contributed by atoms with Gasteiger partial charge in [-0.25, -0.2) is 0 Å². The fourth-order valence-corrected chi connectivity index (χ4v) is 3.07. The van der Waals surface area contributed by atoms with Crippen LogP contribution in [0, 0.1) is 17.8 Å². The number of aliphatic hydroxyl groups excluding tert-OH is 1. The molecule has 0 amide bonds. The zero-order chi connectivity index (χ0) is 18.2. The number of hydrogen-bond donors (Lipinski definition) is 2. The van der Waals surface area contributed by atoms with Crippen molar-refractivity contribution in [1.29, 1.82) is 0 Å². The van der Waals surface area contributed by atoms with Crippen LogP contribution in [0.5, 0.6) is 5.75 Å². The minimum absolute atomic E-state index is 0.0131. The lowest BCUT2D eigenvalue weighted by atomic mass is 10.0. The number of carbonyl (C=O) groups excluding carboxylic acids is 1. The number of ether oxygens (including phenoxy) is 1. The predicted molar refractivity (Wildman–Crippen MR) is 101 cm³/mol. The molecule has 0 fully saturated rings. The highest BCUT2D eigenvalue weighted by molar-refractivity contribution is 7.12. The largest absolute Gasteiger partial charge is 0.481 e. The summed E-state index contributed by atoms with van der Waals surface area (Å²) in [5.74, 6) is 6.81. The smallest absolute Gasteiger partial charge is 0.159 e. The second-order valence-electron chi connectivity index (χ2n) is 5.95. The van der Waals surface area contributed by atoms with E-state index in [9.17, 15) is 9.90 Å². The Morgan fingerprint density at radius 1 is 1.36 bits per heavy atom. The van der Waals surface area contributed by atoms with Crippen molar-refractivity contribution in [3.63, 3.8) is 0 Å². The third-order valence-electron chi connectivity index (χ3n) is 3.85. The molecule has 132 valence electrons. The molecule has 2 atom stereocenters. The lowest BCUT2D eigenvalue weighted by Gasteiger charge is -2.12. The van der Waals surface area contributed by atoms with E-state index in [1.54, 1.807) is 29.5 Å². The molecule has 0 aliphatic carbocycles. The number of hydrogen-bond acceptors (Lipinski definition) is 5. The maximum Gasteiger partial charge on any atom is 0.159 e. The van der Waals surface area contributed by atoms with Gasteiger partial charge in [0.25, 0.3) is 0 Å². The molecule has 0 bridgehead atoms. The molecule has 0 aliphatic rings. The summed E-state index contributed by atoms with van der Waals surface area (Å²) in [6, 6.07) is 11.1. The number of Topliss-reactive ketones (excluding diaryl/α,β-unsaturated/α-hetero) is 1. The number of carbonyl (C=O) groups is 1. The van der Waals surface area contributed by atoms with Crippen molar-refractivity contribution in [1.82, 2.24) is 0 Å². The third-order valence-corrected chi connectivity index (χ3v) is 4.91. The third kappa shape index (κ3) is 6.35. The van der Waals surface area contributed by atoms with Crippen molar-refractivity contribution in [2.24, 2.45) is 11.7 Å². The lowest BCUT2D eigenvalue weighted by molar-refractivity contribution is 0.101. The number of ketones is 1.